The molecule has 2 N–H and O–H groups in total. The number of hydrogen-bond acceptors (Lipinski definition) is 6. The van der Waals surface area contributed by atoms with Crippen LogP contribution in [0, 0.1) is 0 Å². The Balaban J connectivity index is 1.66. The standard InChI is InChI=1S/C19H22N2O6/c1-13(2)27-15-7-5-14(6-8-15)19(24)21-11-18(23)26-12-17(22)20-10-16-4-3-9-25-16/h3-9,13H,10-12H2,1-2H3,(H,20,22)(H,21,24). The monoisotopic (exact) mass is 374 g/mol. The molecule has 2 aromatic rings. The van der Waals surface area contributed by atoms with Gasteiger partial charge in [0.15, 0.2) is 6.61 Å². The number of rotatable bonds is 9. The molecule has 0 atom stereocenters. The smallest absolute Gasteiger partial charge is 0.325 e. The normalized spacial score (nSPS) is 10.3. The summed E-state index contributed by atoms with van der Waals surface area (Å²) in [7, 11) is 0. The molecule has 27 heavy (non-hydrogen) atoms. The van der Waals surface area contributed by atoms with Crippen molar-refractivity contribution in [1.29, 1.82) is 0 Å². The van der Waals surface area contributed by atoms with Gasteiger partial charge in [0.2, 0.25) is 0 Å². The number of esters is 1. The highest BCUT2D eigenvalue weighted by Gasteiger charge is 2.11. The number of furan rings is 1. The molecule has 0 radical (unpaired) electrons. The molecule has 0 aliphatic heterocycles. The van der Waals surface area contributed by atoms with E-state index in [9.17, 15) is 14.4 Å². The van der Waals surface area contributed by atoms with Crippen molar-refractivity contribution in [3.8, 4) is 5.75 Å². The quantitative estimate of drug-likeness (QED) is 0.647. The van der Waals surface area contributed by atoms with E-state index in [4.69, 9.17) is 13.9 Å². The summed E-state index contributed by atoms with van der Waals surface area (Å²) in [6.45, 7) is 3.24. The molecule has 0 spiro atoms. The lowest BCUT2D eigenvalue weighted by Gasteiger charge is -2.10. The maximum Gasteiger partial charge on any atom is 0.325 e. The van der Waals surface area contributed by atoms with Crippen molar-refractivity contribution < 1.29 is 28.3 Å². The highest BCUT2D eigenvalue weighted by molar-refractivity contribution is 5.96. The summed E-state index contributed by atoms with van der Waals surface area (Å²) in [6.07, 6.45) is 1.53. The molecule has 2 amide bonds. The van der Waals surface area contributed by atoms with Crippen LogP contribution in [0.2, 0.25) is 0 Å². The average Bonchev–Trinajstić information content (AvgIpc) is 3.16. The molecule has 0 unspecified atom stereocenters. The van der Waals surface area contributed by atoms with E-state index in [1.54, 1.807) is 36.4 Å². The van der Waals surface area contributed by atoms with Gasteiger partial charge < -0.3 is 24.5 Å². The van der Waals surface area contributed by atoms with E-state index in [1.807, 2.05) is 13.8 Å². The van der Waals surface area contributed by atoms with Crippen LogP contribution in [0.4, 0.5) is 0 Å². The van der Waals surface area contributed by atoms with Gasteiger partial charge in [0.1, 0.15) is 18.1 Å². The van der Waals surface area contributed by atoms with Gasteiger partial charge in [0, 0.05) is 5.56 Å². The number of benzene rings is 1. The summed E-state index contributed by atoms with van der Waals surface area (Å²) in [4.78, 5) is 35.2. The van der Waals surface area contributed by atoms with Gasteiger partial charge in [-0.3, -0.25) is 14.4 Å². The van der Waals surface area contributed by atoms with Crippen molar-refractivity contribution in [2.75, 3.05) is 13.2 Å². The summed E-state index contributed by atoms with van der Waals surface area (Å²) in [5.41, 5.74) is 0.384. The van der Waals surface area contributed by atoms with E-state index in [0.717, 1.165) is 0 Å². The molecule has 0 saturated carbocycles. The summed E-state index contributed by atoms with van der Waals surface area (Å²) in [6, 6.07) is 9.96. The maximum absolute atomic E-state index is 12.0. The van der Waals surface area contributed by atoms with E-state index in [-0.39, 0.29) is 19.2 Å². The number of carbonyl (C=O) groups is 3. The topological polar surface area (TPSA) is 107 Å². The van der Waals surface area contributed by atoms with Gasteiger partial charge in [-0.15, -0.1) is 0 Å². The first-order valence-corrected chi connectivity index (χ1v) is 8.43. The van der Waals surface area contributed by atoms with Gasteiger partial charge in [-0.2, -0.15) is 0 Å². The molecule has 0 saturated heterocycles. The third kappa shape index (κ3) is 7.23. The first-order valence-electron chi connectivity index (χ1n) is 8.43. The lowest BCUT2D eigenvalue weighted by Crippen LogP contribution is -2.33. The minimum atomic E-state index is -0.712. The second-order valence-corrected chi connectivity index (χ2v) is 5.89. The number of carbonyl (C=O) groups excluding carboxylic acids is 3. The minimum Gasteiger partial charge on any atom is -0.491 e. The fourth-order valence-electron chi connectivity index (χ4n) is 2.06. The third-order valence-electron chi connectivity index (χ3n) is 3.29. The molecule has 8 heteroatoms. The van der Waals surface area contributed by atoms with Crippen molar-refractivity contribution in [3.63, 3.8) is 0 Å². The fourth-order valence-corrected chi connectivity index (χ4v) is 2.06. The second kappa shape index (κ2) is 10.0. The van der Waals surface area contributed by atoms with Gasteiger partial charge in [-0.05, 0) is 50.2 Å². The Morgan fingerprint density at radius 3 is 2.44 bits per heavy atom. The number of ether oxygens (including phenoxy) is 2. The predicted molar refractivity (Wildman–Crippen MR) is 96.1 cm³/mol. The van der Waals surface area contributed by atoms with Crippen molar-refractivity contribution in [2.24, 2.45) is 0 Å². The Bertz CT molecular complexity index is 753. The van der Waals surface area contributed by atoms with Crippen LogP contribution in [0.1, 0.15) is 30.0 Å². The third-order valence-corrected chi connectivity index (χ3v) is 3.29. The van der Waals surface area contributed by atoms with Gasteiger partial charge in [0.25, 0.3) is 11.8 Å². The van der Waals surface area contributed by atoms with Crippen LogP contribution in [0.25, 0.3) is 0 Å². The van der Waals surface area contributed by atoms with Gasteiger partial charge >= 0.3 is 5.97 Å². The van der Waals surface area contributed by atoms with E-state index >= 15 is 0 Å². The van der Waals surface area contributed by atoms with Crippen LogP contribution >= 0.6 is 0 Å². The Morgan fingerprint density at radius 1 is 1.07 bits per heavy atom. The predicted octanol–water partition coefficient (Wildman–Crippen LogP) is 1.66. The Labute approximate surface area is 156 Å². The SMILES string of the molecule is CC(C)Oc1ccc(C(=O)NCC(=O)OCC(=O)NCc2ccco2)cc1. The maximum atomic E-state index is 12.0. The largest absolute Gasteiger partial charge is 0.491 e. The zero-order valence-corrected chi connectivity index (χ0v) is 15.2. The molecular formula is C19H22N2O6. The molecule has 1 aromatic carbocycles. The second-order valence-electron chi connectivity index (χ2n) is 5.89. The Hall–Kier alpha value is -3.29. The minimum absolute atomic E-state index is 0.0377. The number of nitrogens with one attached hydrogen (secondary N) is 2. The zero-order chi connectivity index (χ0) is 19.6. The average molecular weight is 374 g/mol. The molecule has 2 rings (SSSR count). The van der Waals surface area contributed by atoms with Crippen molar-refractivity contribution in [1.82, 2.24) is 10.6 Å². The number of hydrogen-bond donors (Lipinski definition) is 2. The molecule has 0 aliphatic rings. The summed E-state index contributed by atoms with van der Waals surface area (Å²) in [5.74, 6) is -0.360. The van der Waals surface area contributed by atoms with E-state index in [1.165, 1.54) is 6.26 Å². The van der Waals surface area contributed by atoms with Crippen LogP contribution in [-0.4, -0.2) is 37.0 Å². The van der Waals surface area contributed by atoms with Crippen LogP contribution < -0.4 is 15.4 Å². The van der Waals surface area contributed by atoms with Gasteiger partial charge in [-0.1, -0.05) is 0 Å². The zero-order valence-electron chi connectivity index (χ0n) is 15.2. The molecule has 1 heterocycles. The van der Waals surface area contributed by atoms with Gasteiger partial charge in [-0.25, -0.2) is 0 Å². The first-order chi connectivity index (χ1) is 12.9. The molecule has 8 nitrogen and oxygen atoms in total. The van der Waals surface area contributed by atoms with Gasteiger partial charge in [0.05, 0.1) is 18.9 Å². The highest BCUT2D eigenvalue weighted by Crippen LogP contribution is 2.13. The molecular weight excluding hydrogens is 352 g/mol. The van der Waals surface area contributed by atoms with Crippen LogP contribution in [0.5, 0.6) is 5.75 Å². The number of amides is 2. The van der Waals surface area contributed by atoms with Crippen LogP contribution in [0.15, 0.2) is 47.1 Å². The lowest BCUT2D eigenvalue weighted by molar-refractivity contribution is -0.147. The van der Waals surface area contributed by atoms with Crippen molar-refractivity contribution in [3.05, 3.63) is 54.0 Å². The molecule has 0 aliphatic carbocycles. The van der Waals surface area contributed by atoms with E-state index in [2.05, 4.69) is 10.6 Å². The molecule has 1 aromatic heterocycles. The first kappa shape index (κ1) is 20.0. The molecule has 144 valence electrons. The van der Waals surface area contributed by atoms with Crippen molar-refractivity contribution in [2.45, 2.75) is 26.5 Å². The summed E-state index contributed by atoms with van der Waals surface area (Å²) in [5, 5.41) is 4.98. The van der Waals surface area contributed by atoms with Crippen LogP contribution in [0.3, 0.4) is 0 Å². The fraction of sp³-hybridized carbons (Fsp3) is 0.316. The van der Waals surface area contributed by atoms with E-state index in [0.29, 0.717) is 17.1 Å². The molecule has 0 bridgehead atoms. The van der Waals surface area contributed by atoms with Crippen molar-refractivity contribution >= 4 is 17.8 Å². The highest BCUT2D eigenvalue weighted by atomic mass is 16.5. The Kier molecular flexibility index (Phi) is 7.42. The Morgan fingerprint density at radius 2 is 1.81 bits per heavy atom. The summed E-state index contributed by atoms with van der Waals surface area (Å²) < 4.78 is 15.4. The summed E-state index contributed by atoms with van der Waals surface area (Å²) >= 11 is 0. The van der Waals surface area contributed by atoms with Crippen LogP contribution in [-0.2, 0) is 20.9 Å². The van der Waals surface area contributed by atoms with E-state index < -0.39 is 24.4 Å². The lowest BCUT2D eigenvalue weighted by atomic mass is 10.2. The molecule has 0 fully saturated rings.